The second kappa shape index (κ2) is 5.88. The van der Waals surface area contributed by atoms with Gasteiger partial charge in [0, 0.05) is 10.8 Å². The van der Waals surface area contributed by atoms with E-state index in [0.717, 1.165) is 0 Å². The zero-order valence-electron chi connectivity index (χ0n) is 12.4. The van der Waals surface area contributed by atoms with Crippen LogP contribution in [0.2, 0.25) is 0 Å². The number of hydrogen-bond donors (Lipinski definition) is 1. The molecule has 0 saturated heterocycles. The van der Waals surface area contributed by atoms with Gasteiger partial charge in [-0.05, 0) is 16.8 Å². The number of carboxylic acids is 1. The highest BCUT2D eigenvalue weighted by atomic mass is 16.4. The molecule has 0 radical (unpaired) electrons. The molecule has 0 heterocycles. The molecule has 6 nitrogen and oxygen atoms in total. The molecular formula is C19H6O6. The van der Waals surface area contributed by atoms with Crippen molar-refractivity contribution in [2.24, 2.45) is 0 Å². The maximum atomic E-state index is 11.8. The zero-order chi connectivity index (χ0) is 18.1. The van der Waals surface area contributed by atoms with Gasteiger partial charge in [0.1, 0.15) is 23.8 Å². The number of carboxylic acid groups (broad SMARTS) is 1. The molecule has 25 heavy (non-hydrogen) atoms. The molecule has 0 saturated carbocycles. The lowest BCUT2D eigenvalue weighted by atomic mass is 9.93. The van der Waals surface area contributed by atoms with E-state index >= 15 is 0 Å². The van der Waals surface area contributed by atoms with Crippen molar-refractivity contribution >= 4 is 51.3 Å². The van der Waals surface area contributed by atoms with Crippen LogP contribution in [0, 0.1) is 0 Å². The van der Waals surface area contributed by atoms with E-state index in [1.54, 1.807) is 18.2 Å². The van der Waals surface area contributed by atoms with Gasteiger partial charge in [0.15, 0.2) is 0 Å². The summed E-state index contributed by atoms with van der Waals surface area (Å²) in [5.41, 5.74) is -0.281. The maximum Gasteiger partial charge on any atom is 0.337 e. The lowest BCUT2D eigenvalue weighted by Crippen LogP contribution is -2.52. The smallest absolute Gasteiger partial charge is 0.337 e. The summed E-state index contributed by atoms with van der Waals surface area (Å²) in [4.78, 5) is 57.2. The van der Waals surface area contributed by atoms with Crippen LogP contribution in [0.25, 0.3) is 21.5 Å². The number of rotatable bonds is 1. The van der Waals surface area contributed by atoms with Crippen molar-refractivity contribution in [3.8, 4) is 0 Å². The molecule has 6 heteroatoms. The van der Waals surface area contributed by atoms with Crippen LogP contribution in [-0.4, -0.2) is 34.8 Å². The summed E-state index contributed by atoms with van der Waals surface area (Å²) in [6.07, 6.45) is 0. The van der Waals surface area contributed by atoms with Crippen molar-refractivity contribution in [3.05, 3.63) is 56.8 Å². The van der Waals surface area contributed by atoms with E-state index in [2.05, 4.69) is 0 Å². The Bertz CT molecular complexity index is 1430. The number of aromatic carboxylic acids is 1. The summed E-state index contributed by atoms with van der Waals surface area (Å²) in [6.45, 7) is 0. The molecule has 1 N–H and O–H groups in total. The first-order valence-corrected chi connectivity index (χ1v) is 6.90. The fraction of sp³-hybridized carbons (Fsp3) is 0. The van der Waals surface area contributed by atoms with Crippen LogP contribution in [0.3, 0.4) is 0 Å². The van der Waals surface area contributed by atoms with Gasteiger partial charge in [-0.1, -0.05) is 24.3 Å². The summed E-state index contributed by atoms with van der Waals surface area (Å²) < 4.78 is 0. The first kappa shape index (κ1) is 15.9. The SMILES string of the molecule is O=C=c1c(=C=O)c(=C=O)c2c(C(=O)O)c3ccccc3cc2c1=C=O. The predicted molar refractivity (Wildman–Crippen MR) is 86.1 cm³/mol. The number of hydrogen-bond acceptors (Lipinski definition) is 5. The van der Waals surface area contributed by atoms with Crippen LogP contribution in [-0.2, 0) is 19.2 Å². The van der Waals surface area contributed by atoms with Crippen LogP contribution in [0.4, 0.5) is 0 Å². The largest absolute Gasteiger partial charge is 0.478 e. The van der Waals surface area contributed by atoms with Gasteiger partial charge in [0.25, 0.3) is 0 Å². The maximum absolute atomic E-state index is 11.8. The molecule has 0 aliphatic rings. The summed E-state index contributed by atoms with van der Waals surface area (Å²) in [5, 5.41) is 8.39. The minimum absolute atomic E-state index is 0.00167. The fourth-order valence-electron chi connectivity index (χ4n) is 2.95. The molecule has 118 valence electrons. The molecule has 3 aromatic carbocycles. The lowest BCUT2D eigenvalue weighted by Gasteiger charge is -2.08. The van der Waals surface area contributed by atoms with Crippen LogP contribution in [0.5, 0.6) is 0 Å². The van der Waals surface area contributed by atoms with Crippen molar-refractivity contribution in [3.63, 3.8) is 0 Å². The van der Waals surface area contributed by atoms with E-state index in [1.807, 2.05) is 0 Å². The predicted octanol–water partition coefficient (Wildman–Crippen LogP) is -2.30. The Hall–Kier alpha value is -4.03. The summed E-state index contributed by atoms with van der Waals surface area (Å²) in [5.74, 6) is 4.49. The molecule has 0 spiro atoms. The van der Waals surface area contributed by atoms with E-state index in [0.29, 0.717) is 10.8 Å². The topological polar surface area (TPSA) is 106 Å². The van der Waals surface area contributed by atoms with Crippen LogP contribution in [0.15, 0.2) is 30.3 Å². The second-order valence-electron chi connectivity index (χ2n) is 5.11. The Labute approximate surface area is 137 Å². The number of carbonyl (C=O) groups excluding carboxylic acids is 4. The number of fused-ring (bicyclic) bond motifs is 2. The van der Waals surface area contributed by atoms with Crippen molar-refractivity contribution in [2.75, 3.05) is 0 Å². The van der Waals surface area contributed by atoms with Gasteiger partial charge < -0.3 is 5.11 Å². The molecule has 0 aromatic heterocycles. The highest BCUT2D eigenvalue weighted by molar-refractivity contribution is 6.17. The molecule has 0 fully saturated rings. The summed E-state index contributed by atoms with van der Waals surface area (Å²) in [6, 6.07) is 7.87. The van der Waals surface area contributed by atoms with E-state index in [-0.39, 0.29) is 21.6 Å². The van der Waals surface area contributed by atoms with Gasteiger partial charge in [-0.2, -0.15) is 0 Å². The van der Waals surface area contributed by atoms with E-state index in [9.17, 15) is 29.1 Å². The minimum atomic E-state index is -1.37. The Kier molecular flexibility index (Phi) is 3.73. The van der Waals surface area contributed by atoms with E-state index < -0.39 is 21.6 Å². The molecule has 0 aliphatic heterocycles. The Balaban J connectivity index is 3.08. The third-order valence-electron chi connectivity index (χ3n) is 3.94. The fourth-order valence-corrected chi connectivity index (χ4v) is 2.95. The van der Waals surface area contributed by atoms with Crippen molar-refractivity contribution in [2.45, 2.75) is 0 Å². The first-order valence-electron chi connectivity index (χ1n) is 6.90. The van der Waals surface area contributed by atoms with E-state index in [1.165, 1.54) is 35.9 Å². The standard InChI is InChI=1S/C19H6O6/c20-6-13-12-5-10-3-1-2-4-11(10)18(19(24)25)17(12)16(9-23)15(8-22)14(13)7-21/h1-5H,(H,24,25). The van der Waals surface area contributed by atoms with Gasteiger partial charge in [-0.15, -0.1) is 0 Å². The average molecular weight is 330 g/mol. The number of carbonyl (C=O) groups is 1. The summed E-state index contributed by atoms with van der Waals surface area (Å²) in [7, 11) is 0. The van der Waals surface area contributed by atoms with Crippen LogP contribution >= 0.6 is 0 Å². The number of benzene rings is 3. The van der Waals surface area contributed by atoms with Crippen LogP contribution in [0.1, 0.15) is 10.4 Å². The normalized spacial score (nSPS) is 9.92. The highest BCUT2D eigenvalue weighted by Crippen LogP contribution is 2.24. The molecule has 3 rings (SSSR count). The van der Waals surface area contributed by atoms with Gasteiger partial charge in [-0.3, -0.25) is 0 Å². The van der Waals surface area contributed by atoms with E-state index in [4.69, 9.17) is 0 Å². The van der Waals surface area contributed by atoms with Gasteiger partial charge in [-0.25, -0.2) is 24.0 Å². The Morgan fingerprint density at radius 3 is 1.88 bits per heavy atom. The highest BCUT2D eigenvalue weighted by Gasteiger charge is 2.18. The molecule has 0 unspecified atom stereocenters. The first-order chi connectivity index (χ1) is 12.1. The second-order valence-corrected chi connectivity index (χ2v) is 5.11. The minimum Gasteiger partial charge on any atom is -0.478 e. The van der Waals surface area contributed by atoms with Gasteiger partial charge >= 0.3 is 5.97 Å². The lowest BCUT2D eigenvalue weighted by molar-refractivity contribution is 0.0701. The Morgan fingerprint density at radius 1 is 0.760 bits per heavy atom. The van der Waals surface area contributed by atoms with Crippen LogP contribution < -0.4 is 20.9 Å². The quantitative estimate of drug-likeness (QED) is 0.503. The average Bonchev–Trinajstić information content (AvgIpc) is 2.63. The third-order valence-corrected chi connectivity index (χ3v) is 3.94. The van der Waals surface area contributed by atoms with Crippen molar-refractivity contribution in [1.82, 2.24) is 0 Å². The molecule has 3 aromatic rings. The van der Waals surface area contributed by atoms with Gasteiger partial charge in [0.2, 0.25) is 0 Å². The van der Waals surface area contributed by atoms with Crippen molar-refractivity contribution in [1.29, 1.82) is 0 Å². The van der Waals surface area contributed by atoms with Crippen molar-refractivity contribution < 1.29 is 29.1 Å². The Morgan fingerprint density at radius 2 is 1.32 bits per heavy atom. The molecular weight excluding hydrogens is 324 g/mol. The molecule has 0 atom stereocenters. The molecule has 0 bridgehead atoms. The molecule has 0 aliphatic carbocycles. The monoisotopic (exact) mass is 330 g/mol. The third kappa shape index (κ3) is 2.13. The summed E-state index contributed by atoms with van der Waals surface area (Å²) >= 11 is 0. The molecule has 0 amide bonds. The van der Waals surface area contributed by atoms with Gasteiger partial charge in [0.05, 0.1) is 26.4 Å². The zero-order valence-corrected chi connectivity index (χ0v) is 12.4.